The number of phenols is 2. The third-order valence-corrected chi connectivity index (χ3v) is 8.80. The van der Waals surface area contributed by atoms with Crippen molar-refractivity contribution in [2.75, 3.05) is 6.61 Å². The fraction of sp³-hybridized carbons (Fsp3) is 0.0370. The van der Waals surface area contributed by atoms with Gasteiger partial charge in [0.05, 0.1) is 19.6 Å². The normalized spacial score (nSPS) is 11.6. The number of sulfone groups is 2. The number of hydrogen-bond donors (Lipinski definition) is 2. The highest BCUT2D eigenvalue weighted by atomic mass is 32.2. The number of benzene rings is 4. The quantitative estimate of drug-likeness (QED) is 0.293. The summed E-state index contributed by atoms with van der Waals surface area (Å²) in [7, 11) is -7.49. The van der Waals surface area contributed by atoms with Gasteiger partial charge in [-0.05, 0) is 97.1 Å². The maximum atomic E-state index is 12.7. The number of ether oxygens (including phenoxy) is 2. The molecule has 0 aromatic heterocycles. The smallest absolute Gasteiger partial charge is 0.206 e. The van der Waals surface area contributed by atoms with Crippen LogP contribution in [0.2, 0.25) is 0 Å². The molecule has 0 amide bonds. The SMILES string of the molecule is C=C(COc1ccc(S(=O)(=O)c2ccc(O)cc2)cc1)Oc1ccc(S(=O)(=O)c2ccc(O)cc2)cc1. The third-order valence-electron chi connectivity index (χ3n) is 5.22. The standard InChI is InChI=1S/C27H22O8S2/c1-19(35-23-8-16-27(17-9-23)37(32,33)25-12-4-21(29)5-13-25)18-34-22-6-14-26(15-7-22)36(30,31)24-10-2-20(28)3-11-24/h2-17,28-29H,1,18H2. The fourth-order valence-corrected chi connectivity index (χ4v) is 5.81. The molecule has 0 spiro atoms. The molecule has 0 aliphatic heterocycles. The topological polar surface area (TPSA) is 127 Å². The maximum Gasteiger partial charge on any atom is 0.206 e. The van der Waals surface area contributed by atoms with E-state index < -0.39 is 19.7 Å². The molecule has 0 bridgehead atoms. The second kappa shape index (κ2) is 10.4. The summed E-state index contributed by atoms with van der Waals surface area (Å²) in [6.07, 6.45) is 0. The summed E-state index contributed by atoms with van der Waals surface area (Å²) in [4.78, 5) is 0.249. The Morgan fingerprint density at radius 3 is 1.27 bits per heavy atom. The molecule has 0 unspecified atom stereocenters. The van der Waals surface area contributed by atoms with Gasteiger partial charge >= 0.3 is 0 Å². The van der Waals surface area contributed by atoms with Crippen LogP contribution in [0.4, 0.5) is 0 Å². The first kappa shape index (κ1) is 25.8. The summed E-state index contributed by atoms with van der Waals surface area (Å²) in [5.74, 6) is 0.937. The van der Waals surface area contributed by atoms with Gasteiger partial charge in [0.25, 0.3) is 0 Å². The van der Waals surface area contributed by atoms with Gasteiger partial charge in [-0.1, -0.05) is 6.58 Å². The molecule has 2 N–H and O–H groups in total. The highest BCUT2D eigenvalue weighted by Gasteiger charge is 2.19. The molecule has 0 heterocycles. The van der Waals surface area contributed by atoms with E-state index in [0.717, 1.165) is 0 Å². The Morgan fingerprint density at radius 2 is 0.892 bits per heavy atom. The molecule has 0 saturated heterocycles. The first-order valence-corrected chi connectivity index (χ1v) is 13.8. The minimum atomic E-state index is -3.75. The zero-order chi connectivity index (χ0) is 26.6. The van der Waals surface area contributed by atoms with Gasteiger partial charge in [0, 0.05) is 0 Å². The molecule has 0 radical (unpaired) electrons. The van der Waals surface area contributed by atoms with Crippen LogP contribution >= 0.6 is 0 Å². The van der Waals surface area contributed by atoms with Crippen LogP contribution in [0.15, 0.2) is 129 Å². The second-order valence-electron chi connectivity index (χ2n) is 7.87. The van der Waals surface area contributed by atoms with Crippen LogP contribution in [0.5, 0.6) is 23.0 Å². The van der Waals surface area contributed by atoms with Crippen LogP contribution < -0.4 is 9.47 Å². The van der Waals surface area contributed by atoms with Gasteiger partial charge in [-0.2, -0.15) is 0 Å². The van der Waals surface area contributed by atoms with Crippen molar-refractivity contribution in [2.45, 2.75) is 19.6 Å². The van der Waals surface area contributed by atoms with Crippen LogP contribution in [-0.2, 0) is 19.7 Å². The summed E-state index contributed by atoms with van der Waals surface area (Å²) in [5.41, 5.74) is 0. The van der Waals surface area contributed by atoms with Gasteiger partial charge in [0.1, 0.15) is 35.4 Å². The first-order chi connectivity index (χ1) is 17.6. The average Bonchev–Trinajstić information content (AvgIpc) is 2.88. The van der Waals surface area contributed by atoms with Crippen molar-refractivity contribution in [3.63, 3.8) is 0 Å². The maximum absolute atomic E-state index is 12.7. The van der Waals surface area contributed by atoms with Crippen LogP contribution in [0.25, 0.3) is 0 Å². The van der Waals surface area contributed by atoms with Gasteiger partial charge in [-0.15, -0.1) is 0 Å². The van der Waals surface area contributed by atoms with Crippen LogP contribution in [0.1, 0.15) is 0 Å². The predicted octanol–water partition coefficient (Wildman–Crippen LogP) is 4.73. The van der Waals surface area contributed by atoms with E-state index in [1.165, 1.54) is 97.1 Å². The van der Waals surface area contributed by atoms with Crippen molar-refractivity contribution in [1.29, 1.82) is 0 Å². The molecule has 8 nitrogen and oxygen atoms in total. The highest BCUT2D eigenvalue weighted by Crippen LogP contribution is 2.26. The summed E-state index contributed by atoms with van der Waals surface area (Å²) < 4.78 is 62.0. The Labute approximate surface area is 214 Å². The molecule has 190 valence electrons. The van der Waals surface area contributed by atoms with E-state index >= 15 is 0 Å². The van der Waals surface area contributed by atoms with E-state index in [2.05, 4.69) is 6.58 Å². The Bertz CT molecular complexity index is 1610. The molecule has 0 saturated carbocycles. The largest absolute Gasteiger partial charge is 0.508 e. The van der Waals surface area contributed by atoms with Crippen molar-refractivity contribution in [1.82, 2.24) is 0 Å². The number of hydrogen-bond acceptors (Lipinski definition) is 8. The Kier molecular flexibility index (Phi) is 7.23. The molecular formula is C27H22O8S2. The lowest BCUT2D eigenvalue weighted by molar-refractivity contribution is 0.281. The van der Waals surface area contributed by atoms with E-state index in [0.29, 0.717) is 11.5 Å². The second-order valence-corrected chi connectivity index (χ2v) is 11.8. The van der Waals surface area contributed by atoms with E-state index in [-0.39, 0.29) is 43.4 Å². The van der Waals surface area contributed by atoms with Crippen LogP contribution in [-0.4, -0.2) is 33.7 Å². The monoisotopic (exact) mass is 538 g/mol. The number of phenolic OH excluding ortho intramolecular Hbond substituents is 2. The molecule has 10 heteroatoms. The van der Waals surface area contributed by atoms with Crippen molar-refractivity contribution < 1.29 is 36.5 Å². The lowest BCUT2D eigenvalue weighted by Crippen LogP contribution is -2.07. The lowest BCUT2D eigenvalue weighted by atomic mass is 10.3. The molecule has 37 heavy (non-hydrogen) atoms. The molecule has 0 fully saturated rings. The first-order valence-electron chi connectivity index (χ1n) is 10.8. The lowest BCUT2D eigenvalue weighted by Gasteiger charge is -2.12. The summed E-state index contributed by atoms with van der Waals surface area (Å²) >= 11 is 0. The zero-order valence-corrected chi connectivity index (χ0v) is 20.9. The molecular weight excluding hydrogens is 516 g/mol. The van der Waals surface area contributed by atoms with E-state index in [1.807, 2.05) is 0 Å². The third kappa shape index (κ3) is 5.93. The van der Waals surface area contributed by atoms with Crippen molar-refractivity contribution in [3.05, 3.63) is 109 Å². The summed E-state index contributed by atoms with van der Waals surface area (Å²) in [5, 5.41) is 18.7. The average molecular weight is 539 g/mol. The minimum absolute atomic E-state index is 0.0276. The molecule has 4 rings (SSSR count). The Hall–Kier alpha value is -4.28. The number of rotatable bonds is 9. The van der Waals surface area contributed by atoms with Crippen molar-refractivity contribution in [3.8, 4) is 23.0 Å². The zero-order valence-electron chi connectivity index (χ0n) is 19.3. The molecule has 0 aliphatic carbocycles. The molecule has 0 atom stereocenters. The van der Waals surface area contributed by atoms with Gasteiger partial charge in [-0.25, -0.2) is 16.8 Å². The predicted molar refractivity (Wildman–Crippen MR) is 135 cm³/mol. The fourth-order valence-electron chi connectivity index (χ4n) is 3.28. The number of aromatic hydroxyl groups is 2. The Morgan fingerprint density at radius 1 is 0.568 bits per heavy atom. The van der Waals surface area contributed by atoms with Crippen LogP contribution in [0, 0.1) is 0 Å². The molecule has 4 aromatic carbocycles. The van der Waals surface area contributed by atoms with Crippen LogP contribution in [0.3, 0.4) is 0 Å². The van der Waals surface area contributed by atoms with E-state index in [1.54, 1.807) is 0 Å². The van der Waals surface area contributed by atoms with Gasteiger partial charge < -0.3 is 19.7 Å². The van der Waals surface area contributed by atoms with E-state index in [9.17, 15) is 27.0 Å². The summed E-state index contributed by atoms with van der Waals surface area (Å²) in [6, 6.07) is 22.1. The van der Waals surface area contributed by atoms with Crippen molar-refractivity contribution >= 4 is 19.7 Å². The van der Waals surface area contributed by atoms with Crippen molar-refractivity contribution in [2.24, 2.45) is 0 Å². The molecule has 0 aliphatic rings. The molecule has 4 aromatic rings. The van der Waals surface area contributed by atoms with Gasteiger partial charge in [0.2, 0.25) is 19.7 Å². The summed E-state index contributed by atoms with van der Waals surface area (Å²) in [6.45, 7) is 3.76. The van der Waals surface area contributed by atoms with Gasteiger partial charge in [0.15, 0.2) is 0 Å². The highest BCUT2D eigenvalue weighted by molar-refractivity contribution is 7.91. The van der Waals surface area contributed by atoms with Gasteiger partial charge in [-0.3, -0.25) is 0 Å². The minimum Gasteiger partial charge on any atom is -0.508 e. The van der Waals surface area contributed by atoms with E-state index in [4.69, 9.17) is 9.47 Å². The Balaban J connectivity index is 1.35.